The van der Waals surface area contributed by atoms with E-state index in [0.717, 1.165) is 16.8 Å². The third-order valence-electron chi connectivity index (χ3n) is 4.75. The van der Waals surface area contributed by atoms with E-state index < -0.39 is 11.4 Å². The maximum atomic E-state index is 13.6. The Bertz CT molecular complexity index is 1470. The van der Waals surface area contributed by atoms with Gasteiger partial charge in [0, 0.05) is 11.2 Å². The smallest absolute Gasteiger partial charge is 0.282 e. The number of rotatable bonds is 2. The highest BCUT2D eigenvalue weighted by atomic mass is 35.5. The molecule has 0 saturated heterocycles. The summed E-state index contributed by atoms with van der Waals surface area (Å²) >= 11 is 6.13. The van der Waals surface area contributed by atoms with Crippen molar-refractivity contribution in [3.8, 4) is 16.8 Å². The van der Waals surface area contributed by atoms with Crippen LogP contribution in [0.15, 0.2) is 65.6 Å². The first-order chi connectivity index (χ1) is 14.0. The van der Waals surface area contributed by atoms with Gasteiger partial charge in [-0.2, -0.15) is 5.10 Å². The third-order valence-corrected chi connectivity index (χ3v) is 4.99. The maximum Gasteiger partial charge on any atom is 0.285 e. The Balaban J connectivity index is 1.78. The monoisotopic (exact) mass is 405 g/mol. The summed E-state index contributed by atoms with van der Waals surface area (Å²) in [6, 6.07) is 14.9. The summed E-state index contributed by atoms with van der Waals surface area (Å²) in [6.45, 7) is 1.87. The minimum atomic E-state index is -0.426. The highest BCUT2D eigenvalue weighted by molar-refractivity contribution is 6.30. The molecule has 0 radical (unpaired) electrons. The molecule has 5 rings (SSSR count). The van der Waals surface area contributed by atoms with Gasteiger partial charge in [-0.05, 0) is 48.9 Å². The average molecular weight is 406 g/mol. The number of fused-ring (bicyclic) bond motifs is 3. The lowest BCUT2D eigenvalue weighted by Crippen LogP contribution is -2.20. The van der Waals surface area contributed by atoms with Crippen LogP contribution >= 0.6 is 11.6 Å². The van der Waals surface area contributed by atoms with E-state index in [0.29, 0.717) is 21.9 Å². The second kappa shape index (κ2) is 6.49. The fourth-order valence-corrected chi connectivity index (χ4v) is 3.65. The van der Waals surface area contributed by atoms with Gasteiger partial charge in [-0.15, -0.1) is 10.2 Å². The van der Waals surface area contributed by atoms with Gasteiger partial charge >= 0.3 is 0 Å². The predicted octanol–water partition coefficient (Wildman–Crippen LogP) is 4.20. The summed E-state index contributed by atoms with van der Waals surface area (Å²) in [5, 5.41) is 13.6. The highest BCUT2D eigenvalue weighted by Crippen LogP contribution is 2.29. The van der Waals surface area contributed by atoms with Crippen LogP contribution < -0.4 is 5.56 Å². The van der Waals surface area contributed by atoms with Crippen LogP contribution in [0.5, 0.6) is 0 Å². The van der Waals surface area contributed by atoms with E-state index in [1.165, 1.54) is 16.7 Å². The zero-order valence-corrected chi connectivity index (χ0v) is 15.9. The van der Waals surface area contributed by atoms with Crippen LogP contribution in [0.4, 0.5) is 4.39 Å². The zero-order chi connectivity index (χ0) is 20.1. The summed E-state index contributed by atoms with van der Waals surface area (Å²) in [5.41, 5.74) is 3.61. The molecule has 0 aliphatic rings. The van der Waals surface area contributed by atoms with Crippen LogP contribution in [-0.4, -0.2) is 24.4 Å². The van der Waals surface area contributed by atoms with Gasteiger partial charge in [0.05, 0.1) is 16.9 Å². The summed E-state index contributed by atoms with van der Waals surface area (Å²) in [4.78, 5) is 13.0. The molecule has 0 bridgehead atoms. The molecule has 0 amide bonds. The molecular weight excluding hydrogens is 393 g/mol. The molecule has 0 spiro atoms. The van der Waals surface area contributed by atoms with Crippen molar-refractivity contribution < 1.29 is 4.39 Å². The van der Waals surface area contributed by atoms with Crippen molar-refractivity contribution >= 4 is 28.3 Å². The lowest BCUT2D eigenvalue weighted by molar-refractivity contribution is 0.626. The fourth-order valence-electron chi connectivity index (χ4n) is 3.46. The van der Waals surface area contributed by atoms with E-state index in [-0.39, 0.29) is 5.52 Å². The van der Waals surface area contributed by atoms with Gasteiger partial charge in [0.25, 0.3) is 5.56 Å². The number of hydrogen-bond donors (Lipinski definition) is 0. The fraction of sp³-hybridized carbons (Fsp3) is 0.0476. The Morgan fingerprint density at radius 1 is 1.03 bits per heavy atom. The molecule has 3 aromatic heterocycles. The molecule has 0 aliphatic heterocycles. The predicted molar refractivity (Wildman–Crippen MR) is 109 cm³/mol. The zero-order valence-electron chi connectivity index (χ0n) is 15.2. The largest absolute Gasteiger partial charge is 0.285 e. The van der Waals surface area contributed by atoms with E-state index in [4.69, 9.17) is 11.6 Å². The van der Waals surface area contributed by atoms with Crippen LogP contribution in [-0.2, 0) is 0 Å². The number of aromatic nitrogens is 5. The van der Waals surface area contributed by atoms with Gasteiger partial charge in [0.1, 0.15) is 11.3 Å². The minimum Gasteiger partial charge on any atom is -0.282 e. The Morgan fingerprint density at radius 3 is 2.66 bits per heavy atom. The molecule has 0 saturated carbocycles. The first-order valence-electron chi connectivity index (χ1n) is 8.82. The highest BCUT2D eigenvalue weighted by Gasteiger charge is 2.18. The van der Waals surface area contributed by atoms with Crippen molar-refractivity contribution in [2.45, 2.75) is 6.92 Å². The Morgan fingerprint density at radius 2 is 1.86 bits per heavy atom. The van der Waals surface area contributed by atoms with Crippen LogP contribution in [0.25, 0.3) is 33.5 Å². The SMILES string of the molecule is Cc1nn2c(nnc3c(=O)n(-c4cccc(F)c4)ccc32)c1-c1cccc(Cl)c1. The van der Waals surface area contributed by atoms with E-state index in [9.17, 15) is 9.18 Å². The molecule has 5 aromatic rings. The number of pyridine rings is 1. The van der Waals surface area contributed by atoms with Gasteiger partial charge in [0.2, 0.25) is 0 Å². The van der Waals surface area contributed by atoms with Gasteiger partial charge < -0.3 is 0 Å². The van der Waals surface area contributed by atoms with Crippen molar-refractivity contribution in [2.75, 3.05) is 0 Å². The Kier molecular flexibility index (Phi) is 3.92. The first-order valence-corrected chi connectivity index (χ1v) is 9.20. The first kappa shape index (κ1) is 17.5. The summed E-state index contributed by atoms with van der Waals surface area (Å²) in [6.07, 6.45) is 1.58. The molecule has 29 heavy (non-hydrogen) atoms. The topological polar surface area (TPSA) is 65.1 Å². The summed E-state index contributed by atoms with van der Waals surface area (Å²) in [7, 11) is 0. The number of nitrogens with zero attached hydrogens (tertiary/aromatic N) is 5. The molecule has 2 aromatic carbocycles. The molecule has 142 valence electrons. The van der Waals surface area contributed by atoms with E-state index in [1.807, 2.05) is 25.1 Å². The molecule has 6 nitrogen and oxygen atoms in total. The van der Waals surface area contributed by atoms with Crippen LogP contribution in [0.1, 0.15) is 5.69 Å². The van der Waals surface area contributed by atoms with E-state index in [2.05, 4.69) is 15.3 Å². The molecule has 0 unspecified atom stereocenters. The van der Waals surface area contributed by atoms with Gasteiger partial charge in [-0.3, -0.25) is 9.36 Å². The molecular formula is C21H13ClFN5O. The molecule has 0 fully saturated rings. The van der Waals surface area contributed by atoms with Crippen molar-refractivity contribution in [1.29, 1.82) is 0 Å². The minimum absolute atomic E-state index is 0.143. The van der Waals surface area contributed by atoms with Crippen molar-refractivity contribution in [3.05, 3.63) is 87.7 Å². The number of hydrogen-bond acceptors (Lipinski definition) is 4. The van der Waals surface area contributed by atoms with Crippen LogP contribution in [0, 0.1) is 12.7 Å². The van der Waals surface area contributed by atoms with E-state index in [1.54, 1.807) is 35.0 Å². The Hall–Kier alpha value is -3.58. The normalized spacial score (nSPS) is 11.4. The molecule has 8 heteroatoms. The van der Waals surface area contributed by atoms with Crippen molar-refractivity contribution in [1.82, 2.24) is 24.4 Å². The standard InChI is InChI=1S/C21H13ClFN5O/c1-12-18(13-4-2-5-14(22)10-13)20-25-24-19-17(28(20)26-12)8-9-27(21(19)29)16-7-3-6-15(23)11-16/h2-11H,1H3. The van der Waals surface area contributed by atoms with Gasteiger partial charge in [-0.25, -0.2) is 8.91 Å². The van der Waals surface area contributed by atoms with Crippen LogP contribution in [0.2, 0.25) is 5.02 Å². The maximum absolute atomic E-state index is 13.6. The summed E-state index contributed by atoms with van der Waals surface area (Å²) < 4.78 is 16.5. The van der Waals surface area contributed by atoms with Crippen LogP contribution in [0.3, 0.4) is 0 Å². The second-order valence-electron chi connectivity index (χ2n) is 6.61. The second-order valence-corrected chi connectivity index (χ2v) is 7.05. The van der Waals surface area contributed by atoms with Gasteiger partial charge in [0.15, 0.2) is 11.2 Å². The Labute approximate surface area is 168 Å². The summed E-state index contributed by atoms with van der Waals surface area (Å²) in [5.74, 6) is -0.426. The number of halogens is 2. The lowest BCUT2D eigenvalue weighted by atomic mass is 10.1. The molecule has 0 N–H and O–H groups in total. The average Bonchev–Trinajstić information content (AvgIpc) is 3.04. The van der Waals surface area contributed by atoms with Gasteiger partial charge in [-0.1, -0.05) is 29.8 Å². The number of aryl methyl sites for hydroxylation is 1. The molecule has 0 atom stereocenters. The number of benzene rings is 2. The van der Waals surface area contributed by atoms with Crippen molar-refractivity contribution in [3.63, 3.8) is 0 Å². The van der Waals surface area contributed by atoms with E-state index >= 15 is 0 Å². The van der Waals surface area contributed by atoms with Crippen molar-refractivity contribution in [2.24, 2.45) is 0 Å². The molecule has 0 aliphatic carbocycles. The quantitative estimate of drug-likeness (QED) is 0.441. The third kappa shape index (κ3) is 2.78. The lowest BCUT2D eigenvalue weighted by Gasteiger charge is -2.07. The molecule has 3 heterocycles.